The number of fused-ring (bicyclic) bond motifs is 6. The molecule has 0 aliphatic carbocycles. The highest BCUT2D eigenvalue weighted by Gasteiger charge is 2.54. The summed E-state index contributed by atoms with van der Waals surface area (Å²) in [7, 11) is 1.40. The quantitative estimate of drug-likeness (QED) is 0.340. The molecule has 198 valence electrons. The minimum atomic E-state index is -1.32. The Hall–Kier alpha value is -4.24. The molecule has 2 aliphatic rings. The Kier molecular flexibility index (Phi) is 6.19. The first-order valence-electron chi connectivity index (χ1n) is 12.3. The maximum absolute atomic E-state index is 13.5. The molecule has 5 rings (SSSR count). The van der Waals surface area contributed by atoms with Crippen molar-refractivity contribution in [1.82, 2.24) is 5.06 Å². The van der Waals surface area contributed by atoms with E-state index in [0.29, 0.717) is 46.6 Å². The van der Waals surface area contributed by atoms with Crippen molar-refractivity contribution in [2.45, 2.75) is 44.8 Å². The smallest absolute Gasteiger partial charge is 0.434 e. The summed E-state index contributed by atoms with van der Waals surface area (Å²) in [5.74, 6) is 0.137. The molecule has 0 unspecified atom stereocenters. The van der Waals surface area contributed by atoms with Crippen LogP contribution >= 0.6 is 0 Å². The number of rotatable bonds is 5. The number of nitrogens with zero attached hydrogens (tertiary/aromatic N) is 1. The normalized spacial score (nSPS) is 14.7. The molecule has 0 radical (unpaired) electrons. The molecular weight excluding hydrogens is 490 g/mol. The number of amides is 1. The molecule has 0 fully saturated rings. The number of carbonyl (C=O) groups excluding carboxylic acids is 2. The Morgan fingerprint density at radius 1 is 0.974 bits per heavy atom. The van der Waals surface area contributed by atoms with Gasteiger partial charge in [0.2, 0.25) is 0 Å². The van der Waals surface area contributed by atoms with Crippen LogP contribution in [-0.2, 0) is 26.3 Å². The molecule has 2 heterocycles. The number of hydrogen-bond acceptors (Lipinski definition) is 8. The fourth-order valence-electron chi connectivity index (χ4n) is 5.01. The van der Waals surface area contributed by atoms with E-state index in [-0.39, 0.29) is 18.0 Å². The van der Waals surface area contributed by atoms with Gasteiger partial charge in [-0.3, -0.25) is 4.84 Å². The van der Waals surface area contributed by atoms with Gasteiger partial charge in [0.05, 0.1) is 19.2 Å². The zero-order valence-electron chi connectivity index (χ0n) is 21.6. The van der Waals surface area contributed by atoms with Crippen LogP contribution in [0.25, 0.3) is 0 Å². The van der Waals surface area contributed by atoms with E-state index in [1.54, 1.807) is 32.9 Å². The van der Waals surface area contributed by atoms with E-state index in [9.17, 15) is 19.8 Å². The van der Waals surface area contributed by atoms with E-state index in [1.807, 2.05) is 18.2 Å². The van der Waals surface area contributed by atoms with Gasteiger partial charge in [-0.15, -0.1) is 0 Å². The van der Waals surface area contributed by atoms with E-state index in [0.717, 1.165) is 10.6 Å². The Balaban J connectivity index is 1.51. The largest absolute Gasteiger partial charge is 0.508 e. The van der Waals surface area contributed by atoms with Crippen LogP contribution in [-0.4, -0.2) is 46.6 Å². The third-order valence-electron chi connectivity index (χ3n) is 6.51. The second kappa shape index (κ2) is 9.25. The topological polar surface area (TPSA) is 115 Å². The van der Waals surface area contributed by atoms with Gasteiger partial charge < -0.3 is 24.4 Å². The predicted octanol–water partition coefficient (Wildman–Crippen LogP) is 5.40. The van der Waals surface area contributed by atoms with Crippen LogP contribution in [0.4, 0.5) is 4.79 Å². The van der Waals surface area contributed by atoms with Crippen LogP contribution < -0.4 is 4.74 Å². The summed E-state index contributed by atoms with van der Waals surface area (Å²) in [4.78, 5) is 31.1. The van der Waals surface area contributed by atoms with Gasteiger partial charge in [0.15, 0.2) is 5.60 Å². The lowest BCUT2D eigenvalue weighted by Gasteiger charge is -2.36. The van der Waals surface area contributed by atoms with Crippen molar-refractivity contribution < 1.29 is 38.9 Å². The number of aryl methyl sites for hydroxylation is 1. The summed E-state index contributed by atoms with van der Waals surface area (Å²) in [6.07, 6.45) is 0.388. The molecule has 2 aliphatic heterocycles. The lowest BCUT2D eigenvalue weighted by atomic mass is 9.77. The van der Waals surface area contributed by atoms with E-state index < -0.39 is 23.3 Å². The van der Waals surface area contributed by atoms with Crippen LogP contribution in [0.15, 0.2) is 54.6 Å². The fourth-order valence-corrected chi connectivity index (χ4v) is 5.01. The second-order valence-electron chi connectivity index (χ2n) is 10.2. The highest BCUT2D eigenvalue weighted by atomic mass is 16.7. The Morgan fingerprint density at radius 3 is 2.18 bits per heavy atom. The molecule has 9 heteroatoms. The Labute approximate surface area is 220 Å². The summed E-state index contributed by atoms with van der Waals surface area (Å²) in [5.41, 5.74) is 0.988. The highest BCUT2D eigenvalue weighted by molar-refractivity contribution is 5.98. The van der Waals surface area contributed by atoms with E-state index in [4.69, 9.17) is 19.0 Å². The average molecular weight is 520 g/mol. The molecule has 1 amide bonds. The van der Waals surface area contributed by atoms with E-state index >= 15 is 0 Å². The van der Waals surface area contributed by atoms with Gasteiger partial charge in [0, 0.05) is 28.8 Å². The third kappa shape index (κ3) is 4.28. The van der Waals surface area contributed by atoms with Gasteiger partial charge in [0.25, 0.3) is 0 Å². The summed E-state index contributed by atoms with van der Waals surface area (Å²) in [5, 5.41) is 21.3. The van der Waals surface area contributed by atoms with Gasteiger partial charge in [-0.1, -0.05) is 18.2 Å². The van der Waals surface area contributed by atoms with Crippen molar-refractivity contribution in [2.75, 3.05) is 13.7 Å². The Morgan fingerprint density at radius 2 is 1.61 bits per heavy atom. The molecule has 0 aromatic heterocycles. The summed E-state index contributed by atoms with van der Waals surface area (Å²) in [6, 6.07) is 14.8. The number of hydroxylamine groups is 2. The monoisotopic (exact) mass is 519 g/mol. The predicted molar refractivity (Wildman–Crippen MR) is 136 cm³/mol. The molecule has 38 heavy (non-hydrogen) atoms. The van der Waals surface area contributed by atoms with Gasteiger partial charge in [0.1, 0.15) is 28.6 Å². The first-order valence-corrected chi connectivity index (χ1v) is 12.3. The summed E-state index contributed by atoms with van der Waals surface area (Å²) < 4.78 is 17.6. The maximum atomic E-state index is 13.5. The van der Waals surface area contributed by atoms with Gasteiger partial charge in [-0.05, 0) is 63.4 Å². The highest BCUT2D eigenvalue weighted by Crippen LogP contribution is 2.57. The molecule has 0 saturated heterocycles. The molecule has 0 atom stereocenters. The van der Waals surface area contributed by atoms with Crippen molar-refractivity contribution in [3.63, 3.8) is 0 Å². The minimum Gasteiger partial charge on any atom is -0.508 e. The van der Waals surface area contributed by atoms with Crippen molar-refractivity contribution in [3.05, 3.63) is 82.4 Å². The number of hydrogen-bond donors (Lipinski definition) is 2. The molecule has 9 nitrogen and oxygen atoms in total. The number of phenolic OH excluding ortho intramolecular Hbond substituents is 2. The van der Waals surface area contributed by atoms with Gasteiger partial charge >= 0.3 is 12.1 Å². The van der Waals surface area contributed by atoms with Crippen LogP contribution in [0.1, 0.15) is 59.8 Å². The summed E-state index contributed by atoms with van der Waals surface area (Å²) in [6.45, 7) is 5.60. The fraction of sp³-hybridized carbons (Fsp3) is 0.310. The van der Waals surface area contributed by atoms with Crippen LogP contribution in [0.3, 0.4) is 0 Å². The lowest BCUT2D eigenvalue weighted by molar-refractivity contribution is -0.124. The average Bonchev–Trinajstić information content (AvgIpc) is 3.13. The minimum absolute atomic E-state index is 0.00603. The first-order chi connectivity index (χ1) is 18.0. The molecule has 3 aromatic carbocycles. The molecule has 2 N–H and O–H groups in total. The molecule has 0 bridgehead atoms. The standard InChI is InChI=1S/C29H29NO8/c1-28(2,3)38-27(34)30(35-4)14-6-8-17-7-5-9-22-25(17)26(33)37-29(22)20-12-10-18(31)15-23(20)36-24-16-19(32)11-13-21(24)29/h5,7,9-13,15-16,31-32H,6,8,14H2,1-4H3. The zero-order chi connectivity index (χ0) is 27.2. The van der Waals surface area contributed by atoms with Crippen molar-refractivity contribution in [2.24, 2.45) is 0 Å². The number of benzene rings is 3. The number of phenols is 2. The molecule has 0 saturated carbocycles. The van der Waals surface area contributed by atoms with Crippen LogP contribution in [0, 0.1) is 0 Å². The van der Waals surface area contributed by atoms with E-state index in [2.05, 4.69) is 0 Å². The van der Waals surface area contributed by atoms with Crippen molar-refractivity contribution in [1.29, 1.82) is 0 Å². The number of carbonyl (C=O) groups is 2. The molecule has 1 spiro atoms. The van der Waals surface area contributed by atoms with Crippen molar-refractivity contribution in [3.8, 4) is 23.0 Å². The number of esters is 1. The second-order valence-corrected chi connectivity index (χ2v) is 10.2. The Bertz CT molecular complexity index is 1370. The number of aromatic hydroxyl groups is 2. The number of ether oxygens (including phenoxy) is 3. The SMILES string of the molecule is CON(CCCc1cccc2c1C(=O)OC21c2ccc(O)cc2Oc2cc(O)ccc21)C(=O)OC(C)(C)C. The first kappa shape index (κ1) is 25.4. The molecular formula is C29H29NO8. The summed E-state index contributed by atoms with van der Waals surface area (Å²) >= 11 is 0. The van der Waals surface area contributed by atoms with E-state index in [1.165, 1.54) is 31.4 Å². The van der Waals surface area contributed by atoms with Gasteiger partial charge in [-0.2, -0.15) is 5.06 Å². The van der Waals surface area contributed by atoms with Crippen LogP contribution in [0.2, 0.25) is 0 Å². The van der Waals surface area contributed by atoms with Crippen molar-refractivity contribution >= 4 is 12.1 Å². The third-order valence-corrected chi connectivity index (χ3v) is 6.51. The lowest BCUT2D eigenvalue weighted by Crippen LogP contribution is -2.36. The van der Waals surface area contributed by atoms with Crippen LogP contribution in [0.5, 0.6) is 23.0 Å². The zero-order valence-corrected chi connectivity index (χ0v) is 21.6. The van der Waals surface area contributed by atoms with Gasteiger partial charge in [-0.25, -0.2) is 9.59 Å². The maximum Gasteiger partial charge on any atom is 0.434 e. The molecule has 3 aromatic rings.